The van der Waals surface area contributed by atoms with Crippen LogP contribution in [0.1, 0.15) is 0 Å². The Kier molecular flexibility index (Phi) is 4.24. The SMILES string of the molecule is COc1ccc(Cl)c(S(=O)(=O)Nc2nnc(-c3cccs3)o2)c1. The number of ether oxygens (including phenoxy) is 1. The Morgan fingerprint density at radius 1 is 1.30 bits per heavy atom. The molecule has 0 atom stereocenters. The second-order valence-corrected chi connectivity index (χ2v) is 7.30. The Bertz CT molecular complexity index is 923. The van der Waals surface area contributed by atoms with E-state index in [9.17, 15) is 8.42 Å². The first-order chi connectivity index (χ1) is 11.0. The van der Waals surface area contributed by atoms with E-state index in [1.807, 2.05) is 11.4 Å². The molecule has 0 radical (unpaired) electrons. The third-order valence-electron chi connectivity index (χ3n) is 2.81. The molecular weight excluding hydrogens is 362 g/mol. The number of hydrogen-bond acceptors (Lipinski definition) is 7. The van der Waals surface area contributed by atoms with Gasteiger partial charge >= 0.3 is 6.01 Å². The highest BCUT2D eigenvalue weighted by molar-refractivity contribution is 7.92. The molecule has 10 heteroatoms. The fourth-order valence-corrected chi connectivity index (χ4v) is 3.84. The summed E-state index contributed by atoms with van der Waals surface area (Å²) in [6.07, 6.45) is 0. The number of nitrogens with one attached hydrogen (secondary N) is 1. The maximum absolute atomic E-state index is 12.4. The van der Waals surface area contributed by atoms with Crippen molar-refractivity contribution in [3.63, 3.8) is 0 Å². The molecule has 1 N–H and O–H groups in total. The van der Waals surface area contributed by atoms with Gasteiger partial charge in [0.1, 0.15) is 10.6 Å². The van der Waals surface area contributed by atoms with Crippen LogP contribution >= 0.6 is 22.9 Å². The fourth-order valence-electron chi connectivity index (χ4n) is 1.75. The first kappa shape index (κ1) is 15.8. The minimum absolute atomic E-state index is 0.0521. The largest absolute Gasteiger partial charge is 0.497 e. The predicted octanol–water partition coefficient (Wildman–Crippen LogP) is 3.26. The Hall–Kier alpha value is -2.10. The van der Waals surface area contributed by atoms with Crippen LogP contribution in [-0.4, -0.2) is 25.7 Å². The highest BCUT2D eigenvalue weighted by Gasteiger charge is 2.22. The zero-order chi connectivity index (χ0) is 16.4. The third-order valence-corrected chi connectivity index (χ3v) is 5.47. The lowest BCUT2D eigenvalue weighted by molar-refractivity contribution is 0.413. The number of rotatable bonds is 5. The van der Waals surface area contributed by atoms with Gasteiger partial charge in [-0.05, 0) is 23.6 Å². The van der Waals surface area contributed by atoms with Crippen molar-refractivity contribution in [3.8, 4) is 16.5 Å². The number of hydrogen-bond donors (Lipinski definition) is 1. The zero-order valence-electron chi connectivity index (χ0n) is 11.7. The van der Waals surface area contributed by atoms with Crippen LogP contribution in [-0.2, 0) is 10.0 Å². The summed E-state index contributed by atoms with van der Waals surface area (Å²) < 4.78 is 37.3. The molecule has 7 nitrogen and oxygen atoms in total. The molecule has 2 heterocycles. The van der Waals surface area contributed by atoms with Crippen molar-refractivity contribution in [1.82, 2.24) is 10.2 Å². The van der Waals surface area contributed by atoms with Crippen LogP contribution in [0.3, 0.4) is 0 Å². The molecule has 2 aromatic heterocycles. The molecule has 0 aliphatic rings. The van der Waals surface area contributed by atoms with Gasteiger partial charge in [0.15, 0.2) is 0 Å². The van der Waals surface area contributed by atoms with E-state index in [0.29, 0.717) is 5.75 Å². The predicted molar refractivity (Wildman–Crippen MR) is 86.4 cm³/mol. The van der Waals surface area contributed by atoms with Crippen LogP contribution in [0.5, 0.6) is 5.75 Å². The van der Waals surface area contributed by atoms with Crippen molar-refractivity contribution < 1.29 is 17.6 Å². The molecule has 0 unspecified atom stereocenters. The van der Waals surface area contributed by atoms with Crippen molar-refractivity contribution in [3.05, 3.63) is 40.7 Å². The average Bonchev–Trinajstić information content (AvgIpc) is 3.18. The van der Waals surface area contributed by atoms with E-state index in [-0.39, 0.29) is 21.8 Å². The van der Waals surface area contributed by atoms with E-state index in [2.05, 4.69) is 14.9 Å². The van der Waals surface area contributed by atoms with Gasteiger partial charge < -0.3 is 9.15 Å². The molecule has 120 valence electrons. The number of thiophene rings is 1. The lowest BCUT2D eigenvalue weighted by Gasteiger charge is -2.08. The van der Waals surface area contributed by atoms with E-state index in [1.165, 1.54) is 30.6 Å². The maximum Gasteiger partial charge on any atom is 0.330 e. The molecular formula is C13H10ClN3O4S2. The van der Waals surface area contributed by atoms with Gasteiger partial charge in [-0.2, -0.15) is 0 Å². The number of halogens is 1. The minimum atomic E-state index is -3.99. The first-order valence-corrected chi connectivity index (χ1v) is 8.97. The summed E-state index contributed by atoms with van der Waals surface area (Å²) in [7, 11) is -2.56. The number of methoxy groups -OCH3 is 1. The van der Waals surface area contributed by atoms with Gasteiger partial charge in [0.2, 0.25) is 0 Å². The average molecular weight is 372 g/mol. The molecule has 0 saturated heterocycles. The van der Waals surface area contributed by atoms with E-state index in [0.717, 1.165) is 4.88 Å². The number of aromatic nitrogens is 2. The van der Waals surface area contributed by atoms with E-state index >= 15 is 0 Å². The summed E-state index contributed by atoms with van der Waals surface area (Å²) in [4.78, 5) is 0.594. The van der Waals surface area contributed by atoms with Gasteiger partial charge in [-0.25, -0.2) is 13.1 Å². The summed E-state index contributed by atoms with van der Waals surface area (Å²) in [6.45, 7) is 0. The Morgan fingerprint density at radius 2 is 2.13 bits per heavy atom. The van der Waals surface area contributed by atoms with Gasteiger partial charge in [-0.1, -0.05) is 22.8 Å². The van der Waals surface area contributed by atoms with Crippen LogP contribution in [0.15, 0.2) is 45.0 Å². The van der Waals surface area contributed by atoms with E-state index in [1.54, 1.807) is 12.1 Å². The molecule has 1 aromatic carbocycles. The van der Waals surface area contributed by atoms with Crippen LogP contribution in [0.2, 0.25) is 5.02 Å². The second kappa shape index (κ2) is 6.19. The van der Waals surface area contributed by atoms with Crippen molar-refractivity contribution in [2.75, 3.05) is 11.8 Å². The van der Waals surface area contributed by atoms with Crippen molar-refractivity contribution in [1.29, 1.82) is 0 Å². The van der Waals surface area contributed by atoms with Crippen molar-refractivity contribution in [2.24, 2.45) is 0 Å². The Balaban J connectivity index is 1.90. The maximum atomic E-state index is 12.4. The summed E-state index contributed by atoms with van der Waals surface area (Å²) >= 11 is 7.35. The molecule has 0 saturated carbocycles. The van der Waals surface area contributed by atoms with Gasteiger partial charge in [-0.15, -0.1) is 16.4 Å². The van der Waals surface area contributed by atoms with Gasteiger partial charge in [0.05, 0.1) is 17.0 Å². The fraction of sp³-hybridized carbons (Fsp3) is 0.0769. The lowest BCUT2D eigenvalue weighted by atomic mass is 10.3. The van der Waals surface area contributed by atoms with Gasteiger partial charge in [0.25, 0.3) is 15.9 Å². The number of anilines is 1. The van der Waals surface area contributed by atoms with E-state index in [4.69, 9.17) is 20.8 Å². The van der Waals surface area contributed by atoms with Crippen LogP contribution in [0.4, 0.5) is 6.01 Å². The molecule has 0 bridgehead atoms. The number of sulfonamides is 1. The minimum Gasteiger partial charge on any atom is -0.497 e. The lowest BCUT2D eigenvalue weighted by Crippen LogP contribution is -2.13. The molecule has 0 aliphatic carbocycles. The molecule has 0 spiro atoms. The molecule has 0 amide bonds. The van der Waals surface area contributed by atoms with Gasteiger partial charge in [-0.3, -0.25) is 0 Å². The molecule has 23 heavy (non-hydrogen) atoms. The standard InChI is InChI=1S/C13H10ClN3O4S2/c1-20-8-4-5-9(14)11(7-8)23(18,19)17-13-16-15-12(21-13)10-3-2-6-22-10/h2-7H,1H3,(H,16,17). The molecule has 3 rings (SSSR count). The van der Waals surface area contributed by atoms with Crippen LogP contribution < -0.4 is 9.46 Å². The molecule has 0 fully saturated rings. The first-order valence-electron chi connectivity index (χ1n) is 6.23. The van der Waals surface area contributed by atoms with Crippen molar-refractivity contribution in [2.45, 2.75) is 4.90 Å². The normalized spacial score (nSPS) is 11.4. The summed E-state index contributed by atoms with van der Waals surface area (Å²) in [5.41, 5.74) is 0. The van der Waals surface area contributed by atoms with E-state index < -0.39 is 10.0 Å². The summed E-state index contributed by atoms with van der Waals surface area (Å²) in [5.74, 6) is 0.592. The topological polar surface area (TPSA) is 94.3 Å². The monoisotopic (exact) mass is 371 g/mol. The quantitative estimate of drug-likeness (QED) is 0.739. The van der Waals surface area contributed by atoms with Crippen LogP contribution in [0.25, 0.3) is 10.8 Å². The second-order valence-electron chi connectivity index (χ2n) is 4.29. The summed E-state index contributed by atoms with van der Waals surface area (Å²) in [5, 5.41) is 9.38. The summed E-state index contributed by atoms with van der Waals surface area (Å²) in [6, 6.07) is 7.66. The van der Waals surface area contributed by atoms with Gasteiger partial charge in [0, 0.05) is 6.07 Å². The third kappa shape index (κ3) is 3.31. The highest BCUT2D eigenvalue weighted by Crippen LogP contribution is 2.29. The number of nitrogens with zero attached hydrogens (tertiary/aromatic N) is 2. The number of benzene rings is 1. The van der Waals surface area contributed by atoms with Crippen LogP contribution in [0, 0.1) is 0 Å². The Morgan fingerprint density at radius 3 is 2.83 bits per heavy atom. The van der Waals surface area contributed by atoms with Crippen molar-refractivity contribution >= 4 is 39.0 Å². The zero-order valence-corrected chi connectivity index (χ0v) is 14.1. The highest BCUT2D eigenvalue weighted by atomic mass is 35.5. The smallest absolute Gasteiger partial charge is 0.330 e. The Labute approximate surface area is 140 Å². The molecule has 3 aromatic rings. The molecule has 0 aliphatic heterocycles.